The number of anilines is 2. The Morgan fingerprint density at radius 1 is 1.40 bits per heavy atom. The van der Waals surface area contributed by atoms with Gasteiger partial charge in [0.15, 0.2) is 0 Å². The maximum atomic E-state index is 6.36. The smallest absolute Gasteiger partial charge is 0.0865 e. The van der Waals surface area contributed by atoms with Crippen molar-refractivity contribution in [1.29, 1.82) is 0 Å². The van der Waals surface area contributed by atoms with Crippen LogP contribution in [0, 0.1) is 6.92 Å². The molecule has 1 aromatic heterocycles. The van der Waals surface area contributed by atoms with Crippen LogP contribution >= 0.6 is 11.6 Å². The number of rotatable bonds is 2. The van der Waals surface area contributed by atoms with Crippen LogP contribution in [0.3, 0.4) is 0 Å². The molecule has 4 nitrogen and oxygen atoms in total. The topological polar surface area (TPSA) is 47.1 Å². The summed E-state index contributed by atoms with van der Waals surface area (Å²) in [6.07, 6.45) is 2.24. The molecule has 106 valence electrons. The highest BCUT2D eigenvalue weighted by atomic mass is 35.5. The average Bonchev–Trinajstić information content (AvgIpc) is 2.65. The lowest BCUT2D eigenvalue weighted by Crippen LogP contribution is -2.29. The van der Waals surface area contributed by atoms with Crippen molar-refractivity contribution in [2.24, 2.45) is 7.05 Å². The molecule has 20 heavy (non-hydrogen) atoms. The van der Waals surface area contributed by atoms with Crippen molar-refractivity contribution in [3.63, 3.8) is 0 Å². The van der Waals surface area contributed by atoms with Crippen LogP contribution in [0.15, 0.2) is 18.2 Å². The molecule has 0 unspecified atom stereocenters. The van der Waals surface area contributed by atoms with Gasteiger partial charge in [0.25, 0.3) is 0 Å². The van der Waals surface area contributed by atoms with Gasteiger partial charge >= 0.3 is 0 Å². The normalized spacial score (nSPS) is 14.4. The lowest BCUT2D eigenvalue weighted by Gasteiger charge is -2.31. The summed E-state index contributed by atoms with van der Waals surface area (Å²) in [5.74, 6) is 0. The molecule has 2 heterocycles. The highest BCUT2D eigenvalue weighted by Crippen LogP contribution is 2.31. The molecule has 2 aromatic rings. The number of hydrogen-bond acceptors (Lipinski definition) is 3. The average molecular weight is 291 g/mol. The van der Waals surface area contributed by atoms with Crippen LogP contribution in [0.2, 0.25) is 5.02 Å². The van der Waals surface area contributed by atoms with E-state index >= 15 is 0 Å². The van der Waals surface area contributed by atoms with E-state index in [1.54, 1.807) is 0 Å². The second kappa shape index (κ2) is 5.02. The third kappa shape index (κ3) is 2.24. The molecular weight excluding hydrogens is 272 g/mol. The Kier molecular flexibility index (Phi) is 3.34. The molecule has 0 atom stereocenters. The van der Waals surface area contributed by atoms with Gasteiger partial charge in [-0.05, 0) is 43.5 Å². The lowest BCUT2D eigenvalue weighted by molar-refractivity contribution is 0.643. The number of halogens is 1. The van der Waals surface area contributed by atoms with Gasteiger partial charge in [0.1, 0.15) is 0 Å². The lowest BCUT2D eigenvalue weighted by atomic mass is 10.0. The molecular formula is C15H19ClN4. The van der Waals surface area contributed by atoms with Crippen LogP contribution in [0.1, 0.15) is 23.4 Å². The Morgan fingerprint density at radius 2 is 2.20 bits per heavy atom. The van der Waals surface area contributed by atoms with Crippen molar-refractivity contribution < 1.29 is 0 Å². The van der Waals surface area contributed by atoms with E-state index in [4.69, 9.17) is 17.3 Å². The summed E-state index contributed by atoms with van der Waals surface area (Å²) >= 11 is 6.36. The maximum Gasteiger partial charge on any atom is 0.0865 e. The first-order chi connectivity index (χ1) is 9.56. The number of nitrogens with zero attached hydrogens (tertiary/aromatic N) is 3. The molecule has 1 aliphatic heterocycles. The summed E-state index contributed by atoms with van der Waals surface area (Å²) in [6, 6.07) is 6.16. The quantitative estimate of drug-likeness (QED) is 0.865. The van der Waals surface area contributed by atoms with Crippen LogP contribution in [-0.4, -0.2) is 16.3 Å². The van der Waals surface area contributed by atoms with Crippen molar-refractivity contribution in [1.82, 2.24) is 9.78 Å². The zero-order chi connectivity index (χ0) is 14.3. The van der Waals surface area contributed by atoms with Gasteiger partial charge in [0, 0.05) is 25.0 Å². The van der Waals surface area contributed by atoms with Crippen molar-refractivity contribution >= 4 is 23.0 Å². The van der Waals surface area contributed by atoms with Crippen LogP contribution < -0.4 is 10.6 Å². The number of nitrogen functional groups attached to an aromatic ring is 1. The third-order valence-electron chi connectivity index (χ3n) is 3.92. The first-order valence-corrected chi connectivity index (χ1v) is 7.25. The van der Waals surface area contributed by atoms with E-state index < -0.39 is 0 Å². The molecule has 0 aliphatic carbocycles. The number of aromatic nitrogens is 2. The summed E-state index contributed by atoms with van der Waals surface area (Å²) in [6.45, 7) is 3.77. The number of benzene rings is 1. The molecule has 2 N–H and O–H groups in total. The minimum absolute atomic E-state index is 0.773. The Morgan fingerprint density at radius 3 is 2.90 bits per heavy atom. The van der Waals surface area contributed by atoms with Gasteiger partial charge in [-0.2, -0.15) is 5.10 Å². The predicted octanol–water partition coefficient (Wildman–Crippen LogP) is 2.92. The van der Waals surface area contributed by atoms with E-state index in [9.17, 15) is 0 Å². The Hall–Kier alpha value is -1.68. The van der Waals surface area contributed by atoms with Crippen LogP contribution in [0.25, 0.3) is 0 Å². The van der Waals surface area contributed by atoms with Crippen LogP contribution in [0.5, 0.6) is 0 Å². The minimum atomic E-state index is 0.773. The molecule has 3 rings (SSSR count). The molecule has 1 aromatic carbocycles. The van der Waals surface area contributed by atoms with Gasteiger partial charge in [0.2, 0.25) is 0 Å². The Bertz CT molecular complexity index is 648. The molecule has 0 spiro atoms. The maximum absolute atomic E-state index is 6.36. The van der Waals surface area contributed by atoms with Crippen molar-refractivity contribution in [2.75, 3.05) is 17.2 Å². The van der Waals surface area contributed by atoms with Gasteiger partial charge in [-0.25, -0.2) is 0 Å². The first kappa shape index (κ1) is 13.3. The summed E-state index contributed by atoms with van der Waals surface area (Å²) in [5, 5.41) is 5.16. The van der Waals surface area contributed by atoms with Gasteiger partial charge in [-0.15, -0.1) is 0 Å². The monoisotopic (exact) mass is 290 g/mol. The highest BCUT2D eigenvalue weighted by molar-refractivity contribution is 6.31. The highest BCUT2D eigenvalue weighted by Gasteiger charge is 2.20. The minimum Gasteiger partial charge on any atom is -0.399 e. The number of nitrogens with two attached hydrogens (primary N) is 1. The van der Waals surface area contributed by atoms with Gasteiger partial charge in [-0.1, -0.05) is 11.6 Å². The second-order valence-corrected chi connectivity index (χ2v) is 5.76. The van der Waals surface area contributed by atoms with E-state index in [2.05, 4.69) is 22.1 Å². The molecule has 5 heteroatoms. The van der Waals surface area contributed by atoms with E-state index in [-0.39, 0.29) is 0 Å². The van der Waals surface area contributed by atoms with Gasteiger partial charge < -0.3 is 10.6 Å². The van der Waals surface area contributed by atoms with Crippen molar-refractivity contribution in [2.45, 2.75) is 26.3 Å². The molecule has 0 amide bonds. The van der Waals surface area contributed by atoms with Crippen molar-refractivity contribution in [3.8, 4) is 0 Å². The van der Waals surface area contributed by atoms with E-state index in [1.807, 2.05) is 24.7 Å². The SMILES string of the molecule is Cc1nn(C)c(CN2CCCc3cc(N)ccc32)c1Cl. The largest absolute Gasteiger partial charge is 0.399 e. The zero-order valence-electron chi connectivity index (χ0n) is 11.9. The third-order valence-corrected chi connectivity index (χ3v) is 4.41. The van der Waals surface area contributed by atoms with E-state index in [0.717, 1.165) is 48.0 Å². The zero-order valence-corrected chi connectivity index (χ0v) is 12.6. The van der Waals surface area contributed by atoms with Gasteiger partial charge in [0.05, 0.1) is 23.0 Å². The standard InChI is InChI=1S/C15H19ClN4/c1-10-15(16)14(19(2)18-10)9-20-7-3-4-11-8-12(17)5-6-13(11)20/h5-6,8H,3-4,7,9,17H2,1-2H3. The van der Waals surface area contributed by atoms with Crippen LogP contribution in [0.4, 0.5) is 11.4 Å². The number of fused-ring (bicyclic) bond motifs is 1. The fourth-order valence-electron chi connectivity index (χ4n) is 2.89. The van der Waals surface area contributed by atoms with Crippen molar-refractivity contribution in [3.05, 3.63) is 40.2 Å². The molecule has 0 saturated carbocycles. The fourth-order valence-corrected chi connectivity index (χ4v) is 3.11. The summed E-state index contributed by atoms with van der Waals surface area (Å²) in [7, 11) is 1.95. The summed E-state index contributed by atoms with van der Waals surface area (Å²) in [5.41, 5.74) is 11.3. The molecule has 0 bridgehead atoms. The fraction of sp³-hybridized carbons (Fsp3) is 0.400. The number of aryl methyl sites for hydroxylation is 3. The van der Waals surface area contributed by atoms with E-state index in [0.29, 0.717) is 0 Å². The Labute approximate surface area is 124 Å². The van der Waals surface area contributed by atoms with Crippen LogP contribution in [-0.2, 0) is 20.0 Å². The van der Waals surface area contributed by atoms with Gasteiger partial charge in [-0.3, -0.25) is 4.68 Å². The molecule has 1 aliphatic rings. The Balaban J connectivity index is 1.93. The predicted molar refractivity (Wildman–Crippen MR) is 83.2 cm³/mol. The summed E-state index contributed by atoms with van der Waals surface area (Å²) < 4.78 is 1.88. The number of hydrogen-bond donors (Lipinski definition) is 1. The molecule has 0 fully saturated rings. The molecule has 0 saturated heterocycles. The molecule has 0 radical (unpaired) electrons. The first-order valence-electron chi connectivity index (χ1n) is 6.87. The second-order valence-electron chi connectivity index (χ2n) is 5.38. The summed E-state index contributed by atoms with van der Waals surface area (Å²) in [4.78, 5) is 2.36. The van der Waals surface area contributed by atoms with E-state index in [1.165, 1.54) is 11.3 Å².